The highest BCUT2D eigenvalue weighted by molar-refractivity contribution is 5.75. The van der Waals surface area contributed by atoms with Crippen LogP contribution >= 0.6 is 0 Å². The molecule has 4 heteroatoms. The third-order valence-electron chi connectivity index (χ3n) is 5.25. The van der Waals surface area contributed by atoms with E-state index in [1.165, 1.54) is 32.1 Å². The average Bonchev–Trinajstić information content (AvgIpc) is 2.57. The van der Waals surface area contributed by atoms with Gasteiger partial charge in [-0.25, -0.2) is 0 Å². The third kappa shape index (κ3) is 9.27. The van der Waals surface area contributed by atoms with Crippen LogP contribution in [0.3, 0.4) is 0 Å². The van der Waals surface area contributed by atoms with Crippen LogP contribution in [0.25, 0.3) is 0 Å². The van der Waals surface area contributed by atoms with E-state index in [9.17, 15) is 14.7 Å². The highest BCUT2D eigenvalue weighted by Gasteiger charge is 2.33. The van der Waals surface area contributed by atoms with Crippen LogP contribution in [0.15, 0.2) is 0 Å². The second kappa shape index (κ2) is 12.3. The molecule has 25 heavy (non-hydrogen) atoms. The minimum absolute atomic E-state index is 0.0103. The van der Waals surface area contributed by atoms with Gasteiger partial charge in [-0.15, -0.1) is 0 Å². The van der Waals surface area contributed by atoms with Gasteiger partial charge < -0.3 is 9.84 Å². The van der Waals surface area contributed by atoms with E-state index < -0.39 is 5.97 Å². The second-order valence-electron chi connectivity index (χ2n) is 8.14. The molecule has 3 unspecified atom stereocenters. The number of unbranched alkanes of at least 4 members (excludes halogenated alkanes) is 5. The lowest BCUT2D eigenvalue weighted by Gasteiger charge is -2.28. The Hall–Kier alpha value is -1.06. The van der Waals surface area contributed by atoms with E-state index in [4.69, 9.17) is 4.74 Å². The summed E-state index contributed by atoms with van der Waals surface area (Å²) in [5.41, 5.74) is 0. The fraction of sp³-hybridized carbons (Fsp3) is 0.905. The van der Waals surface area contributed by atoms with E-state index in [0.717, 1.165) is 32.1 Å². The zero-order chi connectivity index (χ0) is 18.7. The number of carboxylic acids is 1. The molecule has 3 atom stereocenters. The molecule has 0 bridgehead atoms. The van der Waals surface area contributed by atoms with E-state index in [1.807, 2.05) is 0 Å². The van der Waals surface area contributed by atoms with Crippen LogP contribution in [0, 0.1) is 17.8 Å². The molecule has 0 saturated heterocycles. The summed E-state index contributed by atoms with van der Waals surface area (Å²) in [6.45, 7) is 6.53. The number of ether oxygens (including phenoxy) is 1. The molecular formula is C21H38O4. The summed E-state index contributed by atoms with van der Waals surface area (Å²) < 4.78 is 5.82. The van der Waals surface area contributed by atoms with Gasteiger partial charge in [0.25, 0.3) is 0 Å². The van der Waals surface area contributed by atoms with E-state index >= 15 is 0 Å². The number of rotatable bonds is 12. The molecule has 0 aliphatic heterocycles. The first-order valence-electron chi connectivity index (χ1n) is 10.4. The minimum atomic E-state index is -0.775. The minimum Gasteiger partial charge on any atom is -0.481 e. The molecule has 1 rings (SSSR count). The highest BCUT2D eigenvalue weighted by atomic mass is 16.5. The summed E-state index contributed by atoms with van der Waals surface area (Å²) in [6.07, 6.45) is 12.0. The summed E-state index contributed by atoms with van der Waals surface area (Å²) in [4.78, 5) is 23.7. The van der Waals surface area contributed by atoms with Crippen LogP contribution in [0.2, 0.25) is 0 Å². The average molecular weight is 355 g/mol. The van der Waals surface area contributed by atoms with Crippen LogP contribution in [0.4, 0.5) is 0 Å². The maximum Gasteiger partial charge on any atom is 0.309 e. The Morgan fingerprint density at radius 2 is 1.68 bits per heavy atom. The van der Waals surface area contributed by atoms with Gasteiger partial charge in [0.2, 0.25) is 0 Å². The van der Waals surface area contributed by atoms with Gasteiger partial charge >= 0.3 is 11.9 Å². The fourth-order valence-corrected chi connectivity index (χ4v) is 3.79. The smallest absolute Gasteiger partial charge is 0.309 e. The molecular weight excluding hydrogens is 316 g/mol. The Kier molecular flexibility index (Phi) is 10.8. The van der Waals surface area contributed by atoms with Gasteiger partial charge in [0, 0.05) is 0 Å². The summed E-state index contributed by atoms with van der Waals surface area (Å²) in [6, 6.07) is 0. The number of carbonyl (C=O) groups is 2. The Labute approximate surface area is 153 Å². The van der Waals surface area contributed by atoms with Crippen molar-refractivity contribution in [1.29, 1.82) is 0 Å². The first-order valence-corrected chi connectivity index (χ1v) is 10.4. The monoisotopic (exact) mass is 354 g/mol. The molecule has 0 spiro atoms. The molecule has 0 aromatic rings. The molecule has 0 aromatic heterocycles. The van der Waals surface area contributed by atoms with E-state index in [0.29, 0.717) is 18.8 Å². The molecule has 1 aliphatic rings. The molecule has 146 valence electrons. The van der Waals surface area contributed by atoms with Gasteiger partial charge in [0.05, 0.1) is 11.8 Å². The van der Waals surface area contributed by atoms with Crippen LogP contribution in [-0.4, -0.2) is 23.1 Å². The van der Waals surface area contributed by atoms with Crippen LogP contribution < -0.4 is 0 Å². The summed E-state index contributed by atoms with van der Waals surface area (Å²) in [7, 11) is 0. The van der Waals surface area contributed by atoms with Crippen molar-refractivity contribution in [3.05, 3.63) is 0 Å². The van der Waals surface area contributed by atoms with Gasteiger partial charge in [-0.2, -0.15) is 0 Å². The Balaban J connectivity index is 2.41. The molecule has 0 heterocycles. The molecule has 0 radical (unpaired) electrons. The highest BCUT2D eigenvalue weighted by Crippen LogP contribution is 2.31. The number of hydrogen-bond acceptors (Lipinski definition) is 3. The van der Waals surface area contributed by atoms with Crippen molar-refractivity contribution >= 4 is 11.9 Å². The van der Waals surface area contributed by atoms with Gasteiger partial charge in [0.15, 0.2) is 0 Å². The third-order valence-corrected chi connectivity index (χ3v) is 5.25. The van der Waals surface area contributed by atoms with E-state index in [1.54, 1.807) is 0 Å². The van der Waals surface area contributed by atoms with Gasteiger partial charge in [-0.1, -0.05) is 59.3 Å². The normalized spacial score (nSPS) is 21.9. The molecule has 1 N–H and O–H groups in total. The second-order valence-corrected chi connectivity index (χ2v) is 8.14. The Bertz CT molecular complexity index is 391. The molecule has 1 fully saturated rings. The van der Waals surface area contributed by atoms with Gasteiger partial charge in [0.1, 0.15) is 6.10 Å². The first-order chi connectivity index (χ1) is 11.9. The first kappa shape index (κ1) is 22.0. The lowest BCUT2D eigenvalue weighted by atomic mass is 9.81. The van der Waals surface area contributed by atoms with Crippen LogP contribution in [-0.2, 0) is 14.3 Å². The molecule has 1 aliphatic carbocycles. The van der Waals surface area contributed by atoms with Gasteiger partial charge in [-0.3, -0.25) is 9.59 Å². The van der Waals surface area contributed by atoms with Crippen molar-refractivity contribution < 1.29 is 19.4 Å². The van der Waals surface area contributed by atoms with Crippen molar-refractivity contribution in [3.8, 4) is 0 Å². The number of hydrogen-bond donors (Lipinski definition) is 1. The SMILES string of the molecule is CCCCCCCCC(CC(C)C)OC(=O)C1CCCC(C(=O)O)C1. The number of esters is 1. The molecule has 1 saturated carbocycles. The summed E-state index contributed by atoms with van der Waals surface area (Å²) >= 11 is 0. The lowest BCUT2D eigenvalue weighted by Crippen LogP contribution is -2.31. The Morgan fingerprint density at radius 1 is 1.04 bits per heavy atom. The molecule has 0 aromatic carbocycles. The van der Waals surface area contributed by atoms with Crippen molar-refractivity contribution in [2.24, 2.45) is 17.8 Å². The maximum atomic E-state index is 12.5. The van der Waals surface area contributed by atoms with Crippen molar-refractivity contribution in [1.82, 2.24) is 0 Å². The zero-order valence-electron chi connectivity index (χ0n) is 16.5. The Morgan fingerprint density at radius 3 is 2.32 bits per heavy atom. The fourth-order valence-electron chi connectivity index (χ4n) is 3.79. The van der Waals surface area contributed by atoms with Crippen molar-refractivity contribution in [3.63, 3.8) is 0 Å². The largest absolute Gasteiger partial charge is 0.481 e. The van der Waals surface area contributed by atoms with Crippen molar-refractivity contribution in [2.75, 3.05) is 0 Å². The maximum absolute atomic E-state index is 12.5. The number of aliphatic carboxylic acids is 1. The zero-order valence-corrected chi connectivity index (χ0v) is 16.5. The van der Waals surface area contributed by atoms with Crippen LogP contribution in [0.1, 0.15) is 97.8 Å². The van der Waals surface area contributed by atoms with Crippen LogP contribution in [0.5, 0.6) is 0 Å². The summed E-state index contributed by atoms with van der Waals surface area (Å²) in [5.74, 6) is -1.05. The number of carboxylic acid groups (broad SMARTS) is 1. The summed E-state index contributed by atoms with van der Waals surface area (Å²) in [5, 5.41) is 9.19. The lowest BCUT2D eigenvalue weighted by molar-refractivity contribution is -0.158. The van der Waals surface area contributed by atoms with E-state index in [2.05, 4.69) is 20.8 Å². The van der Waals surface area contributed by atoms with E-state index in [-0.39, 0.29) is 23.9 Å². The van der Waals surface area contributed by atoms with Crippen molar-refractivity contribution in [2.45, 2.75) is 104 Å². The molecule has 0 amide bonds. The predicted octanol–water partition coefficient (Wildman–Crippen LogP) is 5.59. The predicted molar refractivity (Wildman–Crippen MR) is 100 cm³/mol. The standard InChI is InChI=1S/C21H38O4/c1-4-5-6-7-8-9-13-19(14-16(2)3)25-21(24)18-12-10-11-17(15-18)20(22)23/h16-19H,4-15H2,1-3H3,(H,22,23). The van der Waals surface area contributed by atoms with Gasteiger partial charge in [-0.05, 0) is 44.4 Å². The number of carbonyl (C=O) groups excluding carboxylic acids is 1. The quantitative estimate of drug-likeness (QED) is 0.367. The topological polar surface area (TPSA) is 63.6 Å². The molecule has 4 nitrogen and oxygen atoms in total.